The fourth-order valence-electron chi connectivity index (χ4n) is 3.41. The first-order chi connectivity index (χ1) is 13.2. The van der Waals surface area contributed by atoms with Crippen LogP contribution < -0.4 is 5.56 Å². The standard InChI is InChI=1S/C20H19N5O2/c26-19-15(13-23-18(24-19)14-6-5-9-21-12-14)20(27)25-11-4-2-8-17(25)16-7-1-3-10-22-16/h1,3,5-7,9-10,12-13,17H,2,4,8,11H2,(H,23,24,26)/t17-/m1/s1. The second-order valence-corrected chi connectivity index (χ2v) is 6.48. The maximum Gasteiger partial charge on any atom is 0.264 e. The molecule has 1 aliphatic rings. The molecule has 3 aromatic heterocycles. The van der Waals surface area contributed by atoms with Crippen molar-refractivity contribution in [3.8, 4) is 11.4 Å². The molecule has 1 fully saturated rings. The van der Waals surface area contributed by atoms with Crippen molar-refractivity contribution in [2.75, 3.05) is 6.54 Å². The van der Waals surface area contributed by atoms with Gasteiger partial charge in [-0.05, 0) is 43.5 Å². The molecule has 1 saturated heterocycles. The third kappa shape index (κ3) is 3.48. The minimum atomic E-state index is -0.445. The largest absolute Gasteiger partial charge is 0.330 e. The van der Waals surface area contributed by atoms with Crippen molar-refractivity contribution in [2.24, 2.45) is 0 Å². The lowest BCUT2D eigenvalue weighted by Gasteiger charge is -2.35. The number of rotatable bonds is 3. The van der Waals surface area contributed by atoms with Crippen molar-refractivity contribution >= 4 is 5.91 Å². The highest BCUT2D eigenvalue weighted by molar-refractivity contribution is 5.94. The van der Waals surface area contributed by atoms with Gasteiger partial charge in [0.15, 0.2) is 0 Å². The molecule has 136 valence electrons. The van der Waals surface area contributed by atoms with Crippen LogP contribution in [0.1, 0.15) is 41.4 Å². The van der Waals surface area contributed by atoms with Crippen LogP contribution in [0, 0.1) is 0 Å². The SMILES string of the molecule is O=C(c1cnc(-c2cccnc2)[nH]c1=O)N1CCCC[C@@H]1c1ccccn1. The lowest BCUT2D eigenvalue weighted by atomic mass is 9.98. The average molecular weight is 361 g/mol. The summed E-state index contributed by atoms with van der Waals surface area (Å²) in [5.41, 5.74) is 1.14. The second kappa shape index (κ2) is 7.49. The Morgan fingerprint density at radius 1 is 1.07 bits per heavy atom. The Morgan fingerprint density at radius 2 is 2.00 bits per heavy atom. The maximum atomic E-state index is 13.1. The second-order valence-electron chi connectivity index (χ2n) is 6.48. The molecule has 1 aliphatic heterocycles. The maximum absolute atomic E-state index is 13.1. The van der Waals surface area contributed by atoms with Crippen LogP contribution in [0.2, 0.25) is 0 Å². The van der Waals surface area contributed by atoms with Gasteiger partial charge in [-0.15, -0.1) is 0 Å². The van der Waals surface area contributed by atoms with Crippen LogP contribution in [0.4, 0.5) is 0 Å². The number of nitrogens with one attached hydrogen (secondary N) is 1. The number of likely N-dealkylation sites (tertiary alicyclic amines) is 1. The molecule has 27 heavy (non-hydrogen) atoms. The molecule has 7 nitrogen and oxygen atoms in total. The van der Waals surface area contributed by atoms with Gasteiger partial charge in [-0.3, -0.25) is 19.6 Å². The first-order valence-corrected chi connectivity index (χ1v) is 8.95. The van der Waals surface area contributed by atoms with Gasteiger partial charge in [0.25, 0.3) is 11.5 Å². The number of aromatic amines is 1. The highest BCUT2D eigenvalue weighted by atomic mass is 16.2. The van der Waals surface area contributed by atoms with Gasteiger partial charge in [-0.2, -0.15) is 0 Å². The van der Waals surface area contributed by atoms with Crippen molar-refractivity contribution in [1.82, 2.24) is 24.8 Å². The summed E-state index contributed by atoms with van der Waals surface area (Å²) in [6.45, 7) is 0.601. The number of pyridine rings is 2. The van der Waals surface area contributed by atoms with E-state index in [4.69, 9.17) is 0 Å². The molecule has 0 bridgehead atoms. The van der Waals surface area contributed by atoms with E-state index in [9.17, 15) is 9.59 Å². The van der Waals surface area contributed by atoms with Gasteiger partial charge in [0.2, 0.25) is 0 Å². The van der Waals surface area contributed by atoms with Gasteiger partial charge in [-0.25, -0.2) is 4.98 Å². The third-order valence-corrected chi connectivity index (χ3v) is 4.76. The number of amides is 1. The highest BCUT2D eigenvalue weighted by Crippen LogP contribution is 2.30. The van der Waals surface area contributed by atoms with E-state index in [-0.39, 0.29) is 17.5 Å². The molecule has 1 amide bonds. The Labute approximate surface area is 156 Å². The summed E-state index contributed by atoms with van der Waals surface area (Å²) in [4.78, 5) is 42.8. The fraction of sp³-hybridized carbons (Fsp3) is 0.250. The Bertz CT molecular complexity index is 988. The first kappa shape index (κ1) is 17.1. The molecular weight excluding hydrogens is 342 g/mol. The monoisotopic (exact) mass is 361 g/mol. The van der Waals surface area contributed by atoms with E-state index in [0.717, 1.165) is 25.0 Å². The Balaban J connectivity index is 1.64. The third-order valence-electron chi connectivity index (χ3n) is 4.76. The number of hydrogen-bond donors (Lipinski definition) is 1. The van der Waals surface area contributed by atoms with Crippen molar-refractivity contribution in [3.05, 3.63) is 76.7 Å². The molecule has 0 saturated carbocycles. The molecule has 0 aliphatic carbocycles. The van der Waals surface area contributed by atoms with E-state index in [0.29, 0.717) is 17.9 Å². The summed E-state index contributed by atoms with van der Waals surface area (Å²) < 4.78 is 0. The van der Waals surface area contributed by atoms with Crippen LogP contribution in [0.25, 0.3) is 11.4 Å². The average Bonchev–Trinajstić information content (AvgIpc) is 2.74. The van der Waals surface area contributed by atoms with Gasteiger partial charge in [-0.1, -0.05) is 6.07 Å². The molecule has 3 aromatic rings. The molecule has 0 unspecified atom stereocenters. The van der Waals surface area contributed by atoms with Gasteiger partial charge < -0.3 is 9.88 Å². The molecule has 4 heterocycles. The van der Waals surface area contributed by atoms with E-state index >= 15 is 0 Å². The number of carbonyl (C=O) groups excluding carboxylic acids is 1. The highest BCUT2D eigenvalue weighted by Gasteiger charge is 2.30. The van der Waals surface area contributed by atoms with E-state index in [2.05, 4.69) is 19.9 Å². The molecule has 0 radical (unpaired) electrons. The molecule has 7 heteroatoms. The summed E-state index contributed by atoms with van der Waals surface area (Å²) in [5.74, 6) is 0.0846. The molecule has 4 rings (SSSR count). The van der Waals surface area contributed by atoms with E-state index in [1.165, 1.54) is 6.20 Å². The van der Waals surface area contributed by atoms with Crippen LogP contribution in [-0.4, -0.2) is 37.3 Å². The summed E-state index contributed by atoms with van der Waals surface area (Å²) in [5, 5.41) is 0. The smallest absolute Gasteiger partial charge is 0.264 e. The predicted octanol–water partition coefficient (Wildman–Crippen LogP) is 2.59. The van der Waals surface area contributed by atoms with Gasteiger partial charge in [0.05, 0.1) is 11.7 Å². The van der Waals surface area contributed by atoms with Crippen molar-refractivity contribution in [2.45, 2.75) is 25.3 Å². The number of carbonyl (C=O) groups is 1. The minimum Gasteiger partial charge on any atom is -0.330 e. The summed E-state index contributed by atoms with van der Waals surface area (Å²) >= 11 is 0. The van der Waals surface area contributed by atoms with Crippen molar-refractivity contribution < 1.29 is 4.79 Å². The van der Waals surface area contributed by atoms with Crippen molar-refractivity contribution in [1.29, 1.82) is 0 Å². The van der Waals surface area contributed by atoms with Crippen LogP contribution in [0.15, 0.2) is 59.9 Å². The van der Waals surface area contributed by atoms with Gasteiger partial charge in [0, 0.05) is 36.9 Å². The lowest BCUT2D eigenvalue weighted by molar-refractivity contribution is 0.0603. The number of hydrogen-bond acceptors (Lipinski definition) is 5. The molecular formula is C20H19N5O2. The van der Waals surface area contributed by atoms with Crippen molar-refractivity contribution in [3.63, 3.8) is 0 Å². The fourth-order valence-corrected chi connectivity index (χ4v) is 3.41. The molecule has 0 spiro atoms. The van der Waals surface area contributed by atoms with Gasteiger partial charge in [0.1, 0.15) is 11.4 Å². The zero-order valence-electron chi connectivity index (χ0n) is 14.7. The number of aromatic nitrogens is 4. The summed E-state index contributed by atoms with van der Waals surface area (Å²) in [6.07, 6.45) is 9.11. The van der Waals surface area contributed by atoms with E-state index < -0.39 is 5.56 Å². The predicted molar refractivity (Wildman–Crippen MR) is 100.0 cm³/mol. The summed E-state index contributed by atoms with van der Waals surface area (Å²) in [6, 6.07) is 9.13. The minimum absolute atomic E-state index is 0.0467. The quantitative estimate of drug-likeness (QED) is 0.774. The Morgan fingerprint density at radius 3 is 2.74 bits per heavy atom. The number of piperidine rings is 1. The van der Waals surface area contributed by atoms with Crippen LogP contribution in [0.5, 0.6) is 0 Å². The van der Waals surface area contributed by atoms with E-state index in [1.807, 2.05) is 18.2 Å². The first-order valence-electron chi connectivity index (χ1n) is 8.95. The molecule has 1 atom stereocenters. The van der Waals surface area contributed by atoms with Crippen LogP contribution in [-0.2, 0) is 0 Å². The zero-order valence-corrected chi connectivity index (χ0v) is 14.7. The molecule has 0 aromatic carbocycles. The molecule has 1 N–H and O–H groups in total. The zero-order chi connectivity index (χ0) is 18.6. The Hall–Kier alpha value is -3.35. The Kier molecular flexibility index (Phi) is 4.74. The van der Waals surface area contributed by atoms with E-state index in [1.54, 1.807) is 35.6 Å². The summed E-state index contributed by atoms with van der Waals surface area (Å²) in [7, 11) is 0. The number of H-pyrrole nitrogens is 1. The topological polar surface area (TPSA) is 91.8 Å². The van der Waals surface area contributed by atoms with Crippen LogP contribution in [0.3, 0.4) is 0 Å². The van der Waals surface area contributed by atoms with Crippen LogP contribution >= 0.6 is 0 Å². The lowest BCUT2D eigenvalue weighted by Crippen LogP contribution is -2.41. The normalized spacial score (nSPS) is 16.9. The number of nitrogens with zero attached hydrogens (tertiary/aromatic N) is 4. The van der Waals surface area contributed by atoms with Gasteiger partial charge >= 0.3 is 0 Å².